The summed E-state index contributed by atoms with van der Waals surface area (Å²) in [4.78, 5) is 22.5. The van der Waals surface area contributed by atoms with Crippen molar-refractivity contribution in [2.24, 2.45) is 0 Å². The van der Waals surface area contributed by atoms with Gasteiger partial charge in [-0.25, -0.2) is 0 Å². The van der Waals surface area contributed by atoms with Gasteiger partial charge < -0.3 is 14.8 Å². The van der Waals surface area contributed by atoms with Gasteiger partial charge in [0.05, 0.1) is 11.0 Å². The van der Waals surface area contributed by atoms with Crippen molar-refractivity contribution < 1.29 is 14.4 Å². The van der Waals surface area contributed by atoms with Gasteiger partial charge >= 0.3 is 7.60 Å². The summed E-state index contributed by atoms with van der Waals surface area (Å²) in [7, 11) is -4.37. The lowest BCUT2D eigenvalue weighted by Gasteiger charge is -2.07. The number of nitrogens with one attached hydrogen (secondary N) is 1. The fraction of sp³-hybridized carbons (Fsp3) is 0.0667. The van der Waals surface area contributed by atoms with Crippen LogP contribution in [0.2, 0.25) is 0 Å². The molecule has 3 aromatic rings. The predicted octanol–water partition coefficient (Wildman–Crippen LogP) is 2.95. The monoisotopic (exact) mass is 287 g/mol. The Hall–Kier alpha value is -1.87. The second-order valence-corrected chi connectivity index (χ2v) is 6.34. The number of aromatic amines is 1. The normalized spacial score (nSPS) is 11.9. The minimum atomic E-state index is -4.37. The van der Waals surface area contributed by atoms with Crippen LogP contribution in [-0.4, -0.2) is 14.8 Å². The highest BCUT2D eigenvalue weighted by Crippen LogP contribution is 2.41. The standard InChI is InChI=1S/C15H14NO3P/c1-10-7-8-13-12(9-10)15(20(17,18)19)14(16-13)11-5-3-2-4-6-11/h2-9,16H,1H3,(H2,17,18,19). The predicted molar refractivity (Wildman–Crippen MR) is 80.1 cm³/mol. The maximum Gasteiger partial charge on any atom is 0.359 e. The van der Waals surface area contributed by atoms with Gasteiger partial charge in [0.15, 0.2) is 0 Å². The molecule has 0 atom stereocenters. The molecule has 0 bridgehead atoms. The van der Waals surface area contributed by atoms with E-state index in [-0.39, 0.29) is 5.30 Å². The smallest absolute Gasteiger partial charge is 0.354 e. The SMILES string of the molecule is Cc1ccc2[nH]c(-c3ccccc3)c(P(=O)(O)O)c2c1. The third-order valence-corrected chi connectivity index (χ3v) is 4.33. The molecule has 0 saturated heterocycles. The second kappa shape index (κ2) is 4.60. The maximum atomic E-state index is 11.9. The molecule has 0 fully saturated rings. The third kappa shape index (κ3) is 2.18. The van der Waals surface area contributed by atoms with Crippen LogP contribution < -0.4 is 5.30 Å². The zero-order chi connectivity index (χ0) is 14.3. The molecule has 20 heavy (non-hydrogen) atoms. The van der Waals surface area contributed by atoms with E-state index in [4.69, 9.17) is 0 Å². The Morgan fingerprint density at radius 1 is 1.05 bits per heavy atom. The minimum absolute atomic E-state index is 0.0717. The summed E-state index contributed by atoms with van der Waals surface area (Å²) in [5.41, 5.74) is 2.94. The van der Waals surface area contributed by atoms with Crippen molar-refractivity contribution in [3.63, 3.8) is 0 Å². The molecule has 0 aliphatic carbocycles. The Labute approximate surface area is 116 Å². The van der Waals surface area contributed by atoms with E-state index >= 15 is 0 Å². The molecule has 1 aromatic heterocycles. The molecule has 0 saturated carbocycles. The van der Waals surface area contributed by atoms with Crippen LogP contribution >= 0.6 is 7.60 Å². The lowest BCUT2D eigenvalue weighted by Crippen LogP contribution is -2.06. The molecule has 0 amide bonds. The van der Waals surface area contributed by atoms with Gasteiger partial charge in [0.25, 0.3) is 0 Å². The lowest BCUT2D eigenvalue weighted by molar-refractivity contribution is 0.388. The molecule has 0 unspecified atom stereocenters. The second-order valence-electron chi connectivity index (χ2n) is 4.81. The van der Waals surface area contributed by atoms with Crippen LogP contribution in [0.5, 0.6) is 0 Å². The van der Waals surface area contributed by atoms with Crippen LogP contribution in [0, 0.1) is 6.92 Å². The Kier molecular flexibility index (Phi) is 3.02. The van der Waals surface area contributed by atoms with Crippen LogP contribution in [0.4, 0.5) is 0 Å². The van der Waals surface area contributed by atoms with Crippen molar-refractivity contribution in [2.75, 3.05) is 0 Å². The summed E-state index contributed by atoms with van der Waals surface area (Å²) in [5, 5.41) is 0.652. The number of rotatable bonds is 2. The van der Waals surface area contributed by atoms with Gasteiger partial charge in [-0.3, -0.25) is 4.57 Å². The summed E-state index contributed by atoms with van der Waals surface area (Å²) in [5.74, 6) is 0. The fourth-order valence-electron chi connectivity index (χ4n) is 2.41. The fourth-order valence-corrected chi connectivity index (χ4v) is 3.38. The van der Waals surface area contributed by atoms with Crippen molar-refractivity contribution >= 4 is 23.8 Å². The quantitative estimate of drug-likeness (QED) is 0.634. The van der Waals surface area contributed by atoms with Crippen LogP contribution in [0.25, 0.3) is 22.2 Å². The molecule has 3 rings (SSSR count). The first-order chi connectivity index (χ1) is 9.47. The average molecular weight is 287 g/mol. The summed E-state index contributed by atoms with van der Waals surface area (Å²) in [6, 6.07) is 14.8. The Morgan fingerprint density at radius 3 is 2.40 bits per heavy atom. The molecule has 0 radical (unpaired) electrons. The number of aryl methyl sites for hydroxylation is 1. The van der Waals surface area contributed by atoms with E-state index in [0.29, 0.717) is 11.1 Å². The Balaban J connectivity index is 2.41. The summed E-state index contributed by atoms with van der Waals surface area (Å²) < 4.78 is 11.9. The largest absolute Gasteiger partial charge is 0.359 e. The zero-order valence-corrected chi connectivity index (χ0v) is 11.8. The Morgan fingerprint density at radius 2 is 1.75 bits per heavy atom. The molecule has 0 spiro atoms. The molecule has 0 aliphatic heterocycles. The first kappa shape index (κ1) is 13.1. The van der Waals surface area contributed by atoms with Crippen molar-refractivity contribution in [1.29, 1.82) is 0 Å². The van der Waals surface area contributed by atoms with E-state index in [2.05, 4.69) is 4.98 Å². The van der Waals surface area contributed by atoms with Crippen LogP contribution in [0.3, 0.4) is 0 Å². The maximum absolute atomic E-state index is 11.9. The number of H-pyrrole nitrogens is 1. The topological polar surface area (TPSA) is 73.3 Å². The molecule has 102 valence electrons. The number of aromatic nitrogens is 1. The van der Waals surface area contributed by atoms with Gasteiger partial charge in [0.2, 0.25) is 0 Å². The van der Waals surface area contributed by atoms with Crippen molar-refractivity contribution in [2.45, 2.75) is 6.92 Å². The number of hydrogen-bond donors (Lipinski definition) is 3. The Bertz CT molecular complexity index is 818. The summed E-state index contributed by atoms with van der Waals surface area (Å²) in [6.07, 6.45) is 0. The van der Waals surface area contributed by atoms with Crippen LogP contribution in [0.15, 0.2) is 48.5 Å². The minimum Gasteiger partial charge on any atom is -0.354 e. The van der Waals surface area contributed by atoms with E-state index in [1.807, 2.05) is 49.4 Å². The lowest BCUT2D eigenvalue weighted by atomic mass is 10.1. The molecule has 4 nitrogen and oxygen atoms in total. The van der Waals surface area contributed by atoms with E-state index in [0.717, 1.165) is 16.6 Å². The first-order valence-corrected chi connectivity index (χ1v) is 7.82. The van der Waals surface area contributed by atoms with Gasteiger partial charge in [0, 0.05) is 10.9 Å². The molecule has 5 heteroatoms. The molecular weight excluding hydrogens is 273 g/mol. The zero-order valence-electron chi connectivity index (χ0n) is 10.9. The number of fused-ring (bicyclic) bond motifs is 1. The van der Waals surface area contributed by atoms with E-state index < -0.39 is 7.60 Å². The average Bonchev–Trinajstić information content (AvgIpc) is 2.78. The van der Waals surface area contributed by atoms with E-state index in [9.17, 15) is 14.4 Å². The molecule has 2 aromatic carbocycles. The van der Waals surface area contributed by atoms with E-state index in [1.54, 1.807) is 6.07 Å². The number of benzene rings is 2. The van der Waals surface area contributed by atoms with Crippen molar-refractivity contribution in [3.05, 3.63) is 54.1 Å². The highest BCUT2D eigenvalue weighted by Gasteiger charge is 2.27. The first-order valence-electron chi connectivity index (χ1n) is 6.20. The van der Waals surface area contributed by atoms with Gasteiger partial charge in [-0.05, 0) is 24.6 Å². The molecule has 1 heterocycles. The third-order valence-electron chi connectivity index (χ3n) is 3.28. The van der Waals surface area contributed by atoms with Gasteiger partial charge in [0.1, 0.15) is 0 Å². The number of hydrogen-bond acceptors (Lipinski definition) is 1. The highest BCUT2D eigenvalue weighted by molar-refractivity contribution is 7.61. The molecule has 0 aliphatic rings. The van der Waals surface area contributed by atoms with Crippen molar-refractivity contribution in [3.8, 4) is 11.3 Å². The van der Waals surface area contributed by atoms with Gasteiger partial charge in [-0.2, -0.15) is 0 Å². The van der Waals surface area contributed by atoms with Gasteiger partial charge in [-0.15, -0.1) is 0 Å². The van der Waals surface area contributed by atoms with Crippen LogP contribution in [-0.2, 0) is 4.57 Å². The van der Waals surface area contributed by atoms with Crippen LogP contribution in [0.1, 0.15) is 5.56 Å². The highest BCUT2D eigenvalue weighted by atomic mass is 31.2. The van der Waals surface area contributed by atoms with Gasteiger partial charge in [-0.1, -0.05) is 42.0 Å². The summed E-state index contributed by atoms with van der Waals surface area (Å²) >= 11 is 0. The molecular formula is C15H14NO3P. The molecule has 3 N–H and O–H groups in total. The van der Waals surface area contributed by atoms with Crippen molar-refractivity contribution in [1.82, 2.24) is 4.98 Å². The van der Waals surface area contributed by atoms with E-state index in [1.165, 1.54) is 0 Å². The summed E-state index contributed by atoms with van der Waals surface area (Å²) in [6.45, 7) is 1.90.